The summed E-state index contributed by atoms with van der Waals surface area (Å²) in [6.07, 6.45) is 0. The van der Waals surface area contributed by atoms with E-state index in [1.807, 2.05) is 0 Å². The van der Waals surface area contributed by atoms with Crippen LogP contribution in [0.25, 0.3) is 0 Å². The lowest BCUT2D eigenvalue weighted by atomic mass is 10.1. The van der Waals surface area contributed by atoms with Crippen molar-refractivity contribution in [2.75, 3.05) is 11.1 Å². The standard InChI is InChI=1S/C18H20N2O3S/c1-12-7-13(2)9-15(8-12)10-24-11-18(21)19-16-5-4-6-17(14(16)3)20(22)23/h4-9H,10-11H2,1-3H3,(H,19,21). The molecule has 0 spiro atoms. The minimum atomic E-state index is -0.445. The molecule has 1 N–H and O–H groups in total. The van der Waals surface area contributed by atoms with Gasteiger partial charge in [-0.2, -0.15) is 0 Å². The molecular weight excluding hydrogens is 324 g/mol. The smallest absolute Gasteiger partial charge is 0.274 e. The Hall–Kier alpha value is -2.34. The van der Waals surface area contributed by atoms with Crippen LogP contribution in [-0.2, 0) is 10.5 Å². The Kier molecular flexibility index (Phi) is 5.98. The highest BCUT2D eigenvalue weighted by Crippen LogP contribution is 2.25. The number of anilines is 1. The van der Waals surface area contributed by atoms with Crippen LogP contribution in [0.1, 0.15) is 22.3 Å². The summed E-state index contributed by atoms with van der Waals surface area (Å²) in [5.74, 6) is 0.895. The Balaban J connectivity index is 1.92. The van der Waals surface area contributed by atoms with Crippen molar-refractivity contribution >= 4 is 29.0 Å². The van der Waals surface area contributed by atoms with E-state index in [2.05, 4.69) is 37.4 Å². The van der Waals surface area contributed by atoms with Gasteiger partial charge in [-0.3, -0.25) is 14.9 Å². The third-order valence-electron chi connectivity index (χ3n) is 3.56. The Labute approximate surface area is 145 Å². The zero-order valence-electron chi connectivity index (χ0n) is 14.0. The second-order valence-electron chi connectivity index (χ2n) is 5.74. The largest absolute Gasteiger partial charge is 0.325 e. The average molecular weight is 344 g/mol. The average Bonchev–Trinajstić information content (AvgIpc) is 2.48. The second-order valence-corrected chi connectivity index (χ2v) is 6.73. The van der Waals surface area contributed by atoms with E-state index in [-0.39, 0.29) is 11.6 Å². The number of hydrogen-bond acceptors (Lipinski definition) is 4. The summed E-state index contributed by atoms with van der Waals surface area (Å²) in [7, 11) is 0. The molecule has 2 aromatic carbocycles. The predicted octanol–water partition coefficient (Wildman–Crippen LogP) is 4.39. The van der Waals surface area contributed by atoms with Crippen molar-refractivity contribution in [1.29, 1.82) is 0 Å². The quantitative estimate of drug-likeness (QED) is 0.623. The molecule has 0 aliphatic heterocycles. The number of hydrogen-bond donors (Lipinski definition) is 1. The lowest BCUT2D eigenvalue weighted by Gasteiger charge is -2.09. The van der Waals surface area contributed by atoms with Gasteiger partial charge < -0.3 is 5.32 Å². The number of carbonyl (C=O) groups excluding carboxylic acids is 1. The highest BCUT2D eigenvalue weighted by Gasteiger charge is 2.14. The van der Waals surface area contributed by atoms with Gasteiger partial charge >= 0.3 is 0 Å². The van der Waals surface area contributed by atoms with Gasteiger partial charge in [0.25, 0.3) is 5.69 Å². The molecular formula is C18H20N2O3S. The lowest BCUT2D eigenvalue weighted by Crippen LogP contribution is -2.15. The van der Waals surface area contributed by atoms with Crippen molar-refractivity contribution in [3.63, 3.8) is 0 Å². The molecule has 0 unspecified atom stereocenters. The number of nitro benzene ring substituents is 1. The van der Waals surface area contributed by atoms with Gasteiger partial charge in [0.2, 0.25) is 5.91 Å². The fourth-order valence-electron chi connectivity index (χ4n) is 2.56. The molecule has 0 heterocycles. The van der Waals surface area contributed by atoms with Crippen LogP contribution < -0.4 is 5.32 Å². The van der Waals surface area contributed by atoms with Gasteiger partial charge in [-0.1, -0.05) is 35.4 Å². The molecule has 0 radical (unpaired) electrons. The molecule has 1 amide bonds. The first-order chi connectivity index (χ1) is 11.4. The summed E-state index contributed by atoms with van der Waals surface area (Å²) < 4.78 is 0. The summed E-state index contributed by atoms with van der Waals surface area (Å²) >= 11 is 1.52. The van der Waals surface area contributed by atoms with Crippen LogP contribution >= 0.6 is 11.8 Å². The second kappa shape index (κ2) is 7.97. The fourth-order valence-corrected chi connectivity index (χ4v) is 3.32. The van der Waals surface area contributed by atoms with Gasteiger partial charge in [0.05, 0.1) is 21.9 Å². The summed E-state index contributed by atoms with van der Waals surface area (Å²) in [5, 5.41) is 13.7. The van der Waals surface area contributed by atoms with Crippen molar-refractivity contribution in [3.05, 3.63) is 68.8 Å². The zero-order valence-corrected chi connectivity index (χ0v) is 14.8. The molecule has 0 aliphatic rings. The van der Waals surface area contributed by atoms with Gasteiger partial charge in [0.1, 0.15) is 0 Å². The Morgan fingerprint density at radius 2 is 1.83 bits per heavy atom. The van der Waals surface area contributed by atoms with E-state index in [4.69, 9.17) is 0 Å². The van der Waals surface area contributed by atoms with E-state index in [0.29, 0.717) is 17.0 Å². The molecule has 2 rings (SSSR count). The Morgan fingerprint density at radius 3 is 2.46 bits per heavy atom. The molecule has 0 saturated carbocycles. The highest BCUT2D eigenvalue weighted by atomic mass is 32.2. The number of benzene rings is 2. The van der Waals surface area contributed by atoms with E-state index in [1.165, 1.54) is 34.5 Å². The zero-order chi connectivity index (χ0) is 17.7. The molecule has 0 aliphatic carbocycles. The maximum atomic E-state index is 12.1. The van der Waals surface area contributed by atoms with Crippen LogP contribution in [0.5, 0.6) is 0 Å². The fraction of sp³-hybridized carbons (Fsp3) is 0.278. The number of carbonyl (C=O) groups is 1. The van der Waals surface area contributed by atoms with Crippen molar-refractivity contribution in [2.45, 2.75) is 26.5 Å². The number of thioether (sulfide) groups is 1. The molecule has 126 valence electrons. The van der Waals surface area contributed by atoms with E-state index in [1.54, 1.807) is 19.1 Å². The molecule has 0 aromatic heterocycles. The third kappa shape index (κ3) is 4.83. The summed E-state index contributed by atoms with van der Waals surface area (Å²) in [5.41, 5.74) is 4.58. The number of nitro groups is 1. The van der Waals surface area contributed by atoms with Crippen LogP contribution in [0.3, 0.4) is 0 Å². The highest BCUT2D eigenvalue weighted by molar-refractivity contribution is 7.99. The van der Waals surface area contributed by atoms with E-state index < -0.39 is 4.92 Å². The van der Waals surface area contributed by atoms with Gasteiger partial charge in [-0.05, 0) is 32.4 Å². The van der Waals surface area contributed by atoms with Gasteiger partial charge in [0, 0.05) is 11.8 Å². The van der Waals surface area contributed by atoms with Crippen molar-refractivity contribution in [1.82, 2.24) is 0 Å². The van der Waals surface area contributed by atoms with Crippen LogP contribution in [0.15, 0.2) is 36.4 Å². The molecule has 6 heteroatoms. The van der Waals surface area contributed by atoms with Crippen molar-refractivity contribution in [3.8, 4) is 0 Å². The van der Waals surface area contributed by atoms with Gasteiger partial charge in [-0.25, -0.2) is 0 Å². The predicted molar refractivity (Wildman–Crippen MR) is 98.5 cm³/mol. The SMILES string of the molecule is Cc1cc(C)cc(CSCC(=O)Nc2cccc([N+](=O)[O-])c2C)c1. The van der Waals surface area contributed by atoms with Crippen LogP contribution in [0.4, 0.5) is 11.4 Å². The number of nitrogens with one attached hydrogen (secondary N) is 1. The molecule has 0 atom stereocenters. The van der Waals surface area contributed by atoms with Crippen LogP contribution in [-0.4, -0.2) is 16.6 Å². The Bertz CT molecular complexity index is 755. The molecule has 0 fully saturated rings. The van der Waals surface area contributed by atoms with Crippen molar-refractivity contribution in [2.24, 2.45) is 0 Å². The first kappa shape index (κ1) is 18.0. The summed E-state index contributed by atoms with van der Waals surface area (Å²) in [4.78, 5) is 22.6. The van der Waals surface area contributed by atoms with E-state index in [9.17, 15) is 14.9 Å². The summed E-state index contributed by atoms with van der Waals surface area (Å²) in [6, 6.07) is 11.0. The third-order valence-corrected chi connectivity index (χ3v) is 4.56. The molecule has 0 saturated heterocycles. The van der Waals surface area contributed by atoms with E-state index >= 15 is 0 Å². The van der Waals surface area contributed by atoms with Gasteiger partial charge in [-0.15, -0.1) is 11.8 Å². The van der Waals surface area contributed by atoms with E-state index in [0.717, 1.165) is 5.75 Å². The number of aryl methyl sites for hydroxylation is 2. The molecule has 0 bridgehead atoms. The molecule has 2 aromatic rings. The number of amides is 1. The van der Waals surface area contributed by atoms with Crippen molar-refractivity contribution < 1.29 is 9.72 Å². The number of rotatable bonds is 6. The minimum Gasteiger partial charge on any atom is -0.325 e. The van der Waals surface area contributed by atoms with Crippen LogP contribution in [0, 0.1) is 30.9 Å². The lowest BCUT2D eigenvalue weighted by molar-refractivity contribution is -0.385. The normalized spacial score (nSPS) is 10.5. The molecule has 24 heavy (non-hydrogen) atoms. The van der Waals surface area contributed by atoms with Gasteiger partial charge in [0.15, 0.2) is 0 Å². The topological polar surface area (TPSA) is 72.2 Å². The monoisotopic (exact) mass is 344 g/mol. The van der Waals surface area contributed by atoms with Crippen LogP contribution in [0.2, 0.25) is 0 Å². The Morgan fingerprint density at radius 1 is 1.17 bits per heavy atom. The summed E-state index contributed by atoms with van der Waals surface area (Å²) in [6.45, 7) is 5.74. The molecule has 5 nitrogen and oxygen atoms in total. The first-order valence-electron chi connectivity index (χ1n) is 7.55. The maximum Gasteiger partial charge on any atom is 0.274 e. The maximum absolute atomic E-state index is 12.1. The first-order valence-corrected chi connectivity index (χ1v) is 8.71. The minimum absolute atomic E-state index is 0.00990. The number of nitrogens with zero attached hydrogens (tertiary/aromatic N) is 1.